The lowest BCUT2D eigenvalue weighted by Crippen LogP contribution is -2.23. The highest BCUT2D eigenvalue weighted by atomic mass is 16.5. The molecule has 1 aliphatic heterocycles. The maximum atomic E-state index is 12.7. The van der Waals surface area contributed by atoms with Crippen LogP contribution in [0.5, 0.6) is 17.5 Å². The number of fused-ring (bicyclic) bond motifs is 1. The van der Waals surface area contributed by atoms with Gasteiger partial charge in [-0.15, -0.1) is 5.10 Å². The molecule has 4 heterocycles. The Hall–Kier alpha value is -3.62. The molecule has 1 amide bonds. The van der Waals surface area contributed by atoms with Gasteiger partial charge in [0.25, 0.3) is 11.8 Å². The molecule has 0 aliphatic carbocycles. The molecule has 0 bridgehead atoms. The van der Waals surface area contributed by atoms with Crippen LogP contribution in [0.4, 0.5) is 5.82 Å². The van der Waals surface area contributed by atoms with Crippen molar-refractivity contribution in [2.45, 2.75) is 6.54 Å². The van der Waals surface area contributed by atoms with Crippen LogP contribution in [0.15, 0.2) is 30.5 Å². The fourth-order valence-corrected chi connectivity index (χ4v) is 2.95. The van der Waals surface area contributed by atoms with Gasteiger partial charge < -0.3 is 14.2 Å². The van der Waals surface area contributed by atoms with Crippen molar-refractivity contribution in [1.82, 2.24) is 20.2 Å². The molecule has 0 spiro atoms. The summed E-state index contributed by atoms with van der Waals surface area (Å²) >= 11 is 0. The molecule has 3 aromatic rings. The van der Waals surface area contributed by atoms with E-state index in [0.717, 1.165) is 5.56 Å². The van der Waals surface area contributed by atoms with Crippen molar-refractivity contribution in [2.24, 2.45) is 0 Å². The third-order valence-corrected chi connectivity index (χ3v) is 4.33. The van der Waals surface area contributed by atoms with E-state index in [9.17, 15) is 4.79 Å². The second-order valence-electron chi connectivity index (χ2n) is 5.81. The van der Waals surface area contributed by atoms with Crippen LogP contribution in [0, 0.1) is 0 Å². The number of H-pyrrole nitrogens is 1. The lowest BCUT2D eigenvalue weighted by atomic mass is 10.1. The highest BCUT2D eigenvalue weighted by molar-refractivity contribution is 6.09. The number of anilines is 1. The van der Waals surface area contributed by atoms with E-state index in [1.165, 1.54) is 14.2 Å². The predicted molar refractivity (Wildman–Crippen MR) is 96.2 cm³/mol. The number of hydrogen-bond donors (Lipinski definition) is 1. The van der Waals surface area contributed by atoms with E-state index in [-0.39, 0.29) is 5.91 Å². The molecule has 1 aliphatic rings. The summed E-state index contributed by atoms with van der Waals surface area (Å²) in [6, 6.07) is 7.03. The van der Waals surface area contributed by atoms with Crippen LogP contribution in [-0.2, 0) is 6.54 Å². The summed E-state index contributed by atoms with van der Waals surface area (Å²) in [4.78, 5) is 23.1. The molecule has 0 saturated carbocycles. The number of amides is 1. The summed E-state index contributed by atoms with van der Waals surface area (Å²) in [6.45, 7) is 0.341. The number of carbonyl (C=O) groups excluding carboxylic acids is 1. The van der Waals surface area contributed by atoms with Crippen molar-refractivity contribution >= 4 is 11.7 Å². The van der Waals surface area contributed by atoms with Crippen molar-refractivity contribution in [3.8, 4) is 28.8 Å². The molecule has 0 atom stereocenters. The Morgan fingerprint density at radius 3 is 2.67 bits per heavy atom. The first-order valence-electron chi connectivity index (χ1n) is 8.14. The van der Waals surface area contributed by atoms with E-state index in [2.05, 4.69) is 20.2 Å². The standard InChI is InChI=1S/C18H17N5O4/c1-25-14-6-10(8-19-17(14)27-3)12-5-4-11-13(20-12)9-23(18(11)24)15-7-16(26-2)22-21-15/h4-8H,9H2,1-3H3,(H,21,22). The van der Waals surface area contributed by atoms with Crippen LogP contribution in [-0.4, -0.2) is 47.4 Å². The number of ether oxygens (including phenoxy) is 3. The van der Waals surface area contributed by atoms with Gasteiger partial charge in [0.2, 0.25) is 5.88 Å². The van der Waals surface area contributed by atoms with Gasteiger partial charge in [-0.2, -0.15) is 0 Å². The van der Waals surface area contributed by atoms with Gasteiger partial charge in [-0.1, -0.05) is 0 Å². The number of aromatic nitrogens is 4. The summed E-state index contributed by atoms with van der Waals surface area (Å²) < 4.78 is 15.5. The number of methoxy groups -OCH3 is 3. The average Bonchev–Trinajstić information content (AvgIpc) is 3.31. The molecule has 138 valence electrons. The summed E-state index contributed by atoms with van der Waals surface area (Å²) in [5, 5.41) is 6.78. The molecular weight excluding hydrogens is 350 g/mol. The molecule has 0 aromatic carbocycles. The zero-order valence-corrected chi connectivity index (χ0v) is 15.0. The van der Waals surface area contributed by atoms with Crippen LogP contribution in [0.1, 0.15) is 16.1 Å². The molecular formula is C18H17N5O4. The number of rotatable bonds is 5. The third-order valence-electron chi connectivity index (χ3n) is 4.33. The molecule has 3 aromatic heterocycles. The molecule has 1 N–H and O–H groups in total. The molecule has 0 saturated heterocycles. The van der Waals surface area contributed by atoms with Crippen LogP contribution < -0.4 is 19.1 Å². The van der Waals surface area contributed by atoms with Crippen molar-refractivity contribution in [3.63, 3.8) is 0 Å². The summed E-state index contributed by atoms with van der Waals surface area (Å²) in [7, 11) is 4.60. The minimum atomic E-state index is -0.138. The van der Waals surface area contributed by atoms with E-state index in [0.29, 0.717) is 46.8 Å². The Morgan fingerprint density at radius 2 is 1.96 bits per heavy atom. The normalized spacial score (nSPS) is 12.9. The SMILES string of the molecule is COc1cc(N2Cc3nc(-c4cnc(OC)c(OC)c4)ccc3C2=O)[nH]n1. The van der Waals surface area contributed by atoms with Gasteiger partial charge >= 0.3 is 0 Å². The number of nitrogens with zero attached hydrogens (tertiary/aromatic N) is 4. The Morgan fingerprint density at radius 1 is 1.11 bits per heavy atom. The third kappa shape index (κ3) is 2.82. The summed E-state index contributed by atoms with van der Waals surface area (Å²) in [5.41, 5.74) is 2.70. The van der Waals surface area contributed by atoms with Crippen molar-refractivity contribution in [3.05, 3.63) is 41.7 Å². The second kappa shape index (κ2) is 6.60. The van der Waals surface area contributed by atoms with Crippen molar-refractivity contribution in [2.75, 3.05) is 26.2 Å². The number of carbonyl (C=O) groups is 1. The minimum absolute atomic E-state index is 0.138. The van der Waals surface area contributed by atoms with Gasteiger partial charge in [-0.3, -0.25) is 19.8 Å². The zero-order chi connectivity index (χ0) is 19.0. The Bertz CT molecular complexity index is 1020. The molecule has 4 rings (SSSR count). The number of pyridine rings is 2. The average molecular weight is 367 g/mol. The predicted octanol–water partition coefficient (Wildman–Crippen LogP) is 2.05. The van der Waals surface area contributed by atoms with E-state index >= 15 is 0 Å². The first-order chi connectivity index (χ1) is 13.1. The summed E-state index contributed by atoms with van der Waals surface area (Å²) in [6.07, 6.45) is 1.66. The highest BCUT2D eigenvalue weighted by Crippen LogP contribution is 2.32. The van der Waals surface area contributed by atoms with E-state index < -0.39 is 0 Å². The molecule has 0 radical (unpaired) electrons. The largest absolute Gasteiger partial charge is 0.491 e. The molecule has 0 fully saturated rings. The Balaban J connectivity index is 1.66. The van der Waals surface area contributed by atoms with Gasteiger partial charge in [0.05, 0.1) is 44.8 Å². The van der Waals surface area contributed by atoms with Gasteiger partial charge in [0, 0.05) is 17.8 Å². The second-order valence-corrected chi connectivity index (χ2v) is 5.81. The highest BCUT2D eigenvalue weighted by Gasteiger charge is 2.31. The number of aromatic amines is 1. The number of nitrogens with one attached hydrogen (secondary N) is 1. The van der Waals surface area contributed by atoms with E-state index in [4.69, 9.17) is 14.2 Å². The van der Waals surface area contributed by atoms with Gasteiger partial charge in [0.15, 0.2) is 5.75 Å². The molecule has 0 unspecified atom stereocenters. The van der Waals surface area contributed by atoms with Crippen LogP contribution in [0.3, 0.4) is 0 Å². The fourth-order valence-electron chi connectivity index (χ4n) is 2.95. The maximum absolute atomic E-state index is 12.7. The van der Waals surface area contributed by atoms with Crippen LogP contribution >= 0.6 is 0 Å². The van der Waals surface area contributed by atoms with Gasteiger partial charge in [-0.25, -0.2) is 4.98 Å². The Labute approximate surface area is 154 Å². The monoisotopic (exact) mass is 367 g/mol. The van der Waals surface area contributed by atoms with E-state index in [1.54, 1.807) is 42.5 Å². The lowest BCUT2D eigenvalue weighted by molar-refractivity contribution is 0.0996. The topological polar surface area (TPSA) is 102 Å². The van der Waals surface area contributed by atoms with Crippen molar-refractivity contribution in [1.29, 1.82) is 0 Å². The number of hydrogen-bond acceptors (Lipinski definition) is 7. The quantitative estimate of drug-likeness (QED) is 0.736. The minimum Gasteiger partial charge on any atom is -0.491 e. The van der Waals surface area contributed by atoms with Crippen LogP contribution in [0.2, 0.25) is 0 Å². The zero-order valence-electron chi connectivity index (χ0n) is 15.0. The first kappa shape index (κ1) is 16.8. The fraction of sp³-hybridized carbons (Fsp3) is 0.222. The lowest BCUT2D eigenvalue weighted by Gasteiger charge is -2.11. The van der Waals surface area contributed by atoms with Gasteiger partial charge in [-0.05, 0) is 18.2 Å². The summed E-state index contributed by atoms with van der Waals surface area (Å²) in [5.74, 6) is 1.75. The molecule has 9 nitrogen and oxygen atoms in total. The molecule has 9 heteroatoms. The smallest absolute Gasteiger partial charge is 0.261 e. The van der Waals surface area contributed by atoms with Gasteiger partial charge in [0.1, 0.15) is 5.82 Å². The van der Waals surface area contributed by atoms with E-state index in [1.807, 2.05) is 0 Å². The van der Waals surface area contributed by atoms with Crippen LogP contribution in [0.25, 0.3) is 11.3 Å². The van der Waals surface area contributed by atoms with Crippen molar-refractivity contribution < 1.29 is 19.0 Å². The molecule has 27 heavy (non-hydrogen) atoms. The Kier molecular flexibility index (Phi) is 4.11. The maximum Gasteiger partial charge on any atom is 0.261 e. The first-order valence-corrected chi connectivity index (χ1v) is 8.14.